The minimum Gasteiger partial charge on any atom is -0.339 e. The summed E-state index contributed by atoms with van der Waals surface area (Å²) in [5.41, 5.74) is -1.22. The van der Waals surface area contributed by atoms with Gasteiger partial charge in [-0.25, -0.2) is 0 Å². The normalized spacial score (nSPS) is 36.0. The van der Waals surface area contributed by atoms with Gasteiger partial charge in [-0.1, -0.05) is 19.3 Å². The zero-order valence-corrected chi connectivity index (χ0v) is 9.19. The van der Waals surface area contributed by atoms with Crippen LogP contribution in [-0.2, 0) is 9.53 Å². The van der Waals surface area contributed by atoms with Crippen molar-refractivity contribution in [1.82, 2.24) is 5.32 Å². The first-order chi connectivity index (χ1) is 6.60. The Kier molecular flexibility index (Phi) is 2.48. The molecule has 1 unspecified atom stereocenters. The number of ether oxygens (including phenoxy) is 1. The lowest BCUT2D eigenvalue weighted by molar-refractivity contribution is -0.142. The number of carbonyl (C=O) groups excluding carboxylic acids is 1. The van der Waals surface area contributed by atoms with Gasteiger partial charge in [-0.05, 0) is 19.8 Å². The molecule has 4 heteroatoms. The van der Waals surface area contributed by atoms with Gasteiger partial charge in [-0.2, -0.15) is 0 Å². The fourth-order valence-electron chi connectivity index (χ4n) is 2.37. The maximum Gasteiger partial charge on any atom is 0.254 e. The fraction of sp³-hybridized carbons (Fsp3) is 0.900. The second-order valence-electron chi connectivity index (χ2n) is 4.48. The maximum atomic E-state index is 11.8. The molecule has 14 heavy (non-hydrogen) atoms. The van der Waals surface area contributed by atoms with Gasteiger partial charge in [-0.3, -0.25) is 4.79 Å². The average molecular weight is 218 g/mol. The summed E-state index contributed by atoms with van der Waals surface area (Å²) in [5.74, 6) is 0.334. The summed E-state index contributed by atoms with van der Waals surface area (Å²) in [5, 5.41) is 2.85. The van der Waals surface area contributed by atoms with Gasteiger partial charge >= 0.3 is 0 Å². The molecular weight excluding hydrogens is 202 g/mol. The second-order valence-corrected chi connectivity index (χ2v) is 4.74. The van der Waals surface area contributed by atoms with Gasteiger partial charge in [0.25, 0.3) is 5.91 Å². The van der Waals surface area contributed by atoms with E-state index in [2.05, 4.69) is 5.32 Å². The first kappa shape index (κ1) is 10.2. The van der Waals surface area contributed by atoms with Crippen molar-refractivity contribution >= 4 is 17.5 Å². The molecule has 0 radical (unpaired) electrons. The highest BCUT2D eigenvalue weighted by molar-refractivity contribution is 6.18. The van der Waals surface area contributed by atoms with Crippen molar-refractivity contribution in [2.75, 3.05) is 5.88 Å². The molecule has 2 fully saturated rings. The SMILES string of the molecule is CC1(CCl)NC(=O)C2(CCCCC2)O1. The minimum absolute atomic E-state index is 0.0281. The van der Waals surface area contributed by atoms with Crippen LogP contribution in [0.5, 0.6) is 0 Å². The van der Waals surface area contributed by atoms with Crippen LogP contribution in [-0.4, -0.2) is 23.1 Å². The van der Waals surface area contributed by atoms with E-state index in [1.54, 1.807) is 0 Å². The highest BCUT2D eigenvalue weighted by Crippen LogP contribution is 2.39. The number of hydrogen-bond donors (Lipinski definition) is 1. The van der Waals surface area contributed by atoms with Gasteiger partial charge in [-0.15, -0.1) is 11.6 Å². The topological polar surface area (TPSA) is 38.3 Å². The van der Waals surface area contributed by atoms with Crippen molar-refractivity contribution in [3.05, 3.63) is 0 Å². The molecule has 2 aliphatic rings. The molecule has 0 aromatic carbocycles. The molecule has 80 valence electrons. The van der Waals surface area contributed by atoms with Crippen LogP contribution < -0.4 is 5.32 Å². The zero-order chi connectivity index (χ0) is 10.2. The van der Waals surface area contributed by atoms with Crippen LogP contribution in [0.4, 0.5) is 0 Å². The van der Waals surface area contributed by atoms with Gasteiger partial charge < -0.3 is 10.1 Å². The highest BCUT2D eigenvalue weighted by atomic mass is 35.5. The molecule has 1 atom stereocenters. The van der Waals surface area contributed by atoms with E-state index < -0.39 is 11.3 Å². The van der Waals surface area contributed by atoms with Crippen molar-refractivity contribution in [3.8, 4) is 0 Å². The van der Waals surface area contributed by atoms with Crippen LogP contribution in [0.25, 0.3) is 0 Å². The number of nitrogens with one attached hydrogen (secondary N) is 1. The van der Waals surface area contributed by atoms with Gasteiger partial charge in [0.1, 0.15) is 5.60 Å². The van der Waals surface area contributed by atoms with E-state index in [-0.39, 0.29) is 5.91 Å². The number of carbonyl (C=O) groups is 1. The summed E-state index contributed by atoms with van der Waals surface area (Å²) >= 11 is 5.78. The predicted octanol–water partition coefficient (Wildman–Crippen LogP) is 1.79. The Morgan fingerprint density at radius 2 is 2.07 bits per heavy atom. The first-order valence-corrected chi connectivity index (χ1v) is 5.72. The van der Waals surface area contributed by atoms with Gasteiger partial charge in [0, 0.05) is 0 Å². The smallest absolute Gasteiger partial charge is 0.254 e. The Balaban J connectivity index is 2.17. The molecule has 0 aromatic heterocycles. The van der Waals surface area contributed by atoms with E-state index in [1.165, 1.54) is 6.42 Å². The largest absolute Gasteiger partial charge is 0.339 e. The highest BCUT2D eigenvalue weighted by Gasteiger charge is 2.53. The Morgan fingerprint density at radius 3 is 2.57 bits per heavy atom. The average Bonchev–Trinajstić information content (AvgIpc) is 2.41. The quantitative estimate of drug-likeness (QED) is 0.681. The third-order valence-electron chi connectivity index (χ3n) is 3.13. The molecule has 1 N–H and O–H groups in total. The van der Waals surface area contributed by atoms with Crippen LogP contribution >= 0.6 is 11.6 Å². The molecule has 1 spiro atoms. The van der Waals surface area contributed by atoms with Crippen molar-refractivity contribution in [1.29, 1.82) is 0 Å². The summed E-state index contributed by atoms with van der Waals surface area (Å²) in [4.78, 5) is 11.8. The molecule has 0 aromatic rings. The zero-order valence-electron chi connectivity index (χ0n) is 8.44. The number of alkyl halides is 1. The van der Waals surface area contributed by atoms with Crippen LogP contribution in [0.2, 0.25) is 0 Å². The molecule has 1 aliphatic heterocycles. The Hall–Kier alpha value is -0.280. The minimum atomic E-state index is -0.657. The Morgan fingerprint density at radius 1 is 1.43 bits per heavy atom. The monoisotopic (exact) mass is 217 g/mol. The van der Waals surface area contributed by atoms with Crippen molar-refractivity contribution in [2.24, 2.45) is 0 Å². The second kappa shape index (κ2) is 3.38. The molecule has 1 aliphatic carbocycles. The van der Waals surface area contributed by atoms with Crippen molar-refractivity contribution < 1.29 is 9.53 Å². The molecule has 3 nitrogen and oxygen atoms in total. The number of hydrogen-bond acceptors (Lipinski definition) is 2. The van der Waals surface area contributed by atoms with Crippen molar-refractivity contribution in [3.63, 3.8) is 0 Å². The number of halogens is 1. The van der Waals surface area contributed by atoms with E-state index in [9.17, 15) is 4.79 Å². The molecule has 1 saturated heterocycles. The molecular formula is C10H16ClNO2. The summed E-state index contributed by atoms with van der Waals surface area (Å²) < 4.78 is 5.85. The summed E-state index contributed by atoms with van der Waals surface area (Å²) in [7, 11) is 0. The van der Waals surface area contributed by atoms with E-state index in [0.717, 1.165) is 25.7 Å². The summed E-state index contributed by atoms with van der Waals surface area (Å²) in [6.45, 7) is 1.83. The first-order valence-electron chi connectivity index (χ1n) is 5.19. The number of rotatable bonds is 1. The van der Waals surface area contributed by atoms with E-state index in [1.807, 2.05) is 6.92 Å². The Bertz CT molecular complexity index is 251. The lowest BCUT2D eigenvalue weighted by Crippen LogP contribution is -2.41. The van der Waals surface area contributed by atoms with E-state index in [0.29, 0.717) is 5.88 Å². The van der Waals surface area contributed by atoms with Gasteiger partial charge in [0.2, 0.25) is 0 Å². The van der Waals surface area contributed by atoms with E-state index >= 15 is 0 Å². The maximum absolute atomic E-state index is 11.8. The van der Waals surface area contributed by atoms with E-state index in [4.69, 9.17) is 16.3 Å². The van der Waals surface area contributed by atoms with Gasteiger partial charge in [0.15, 0.2) is 5.72 Å². The lowest BCUT2D eigenvalue weighted by Gasteiger charge is -2.31. The standard InChI is InChI=1S/C10H16ClNO2/c1-9(7-11)12-8(13)10(14-9)5-3-2-4-6-10/h2-7H2,1H3,(H,12,13). The van der Waals surface area contributed by atoms with Gasteiger partial charge in [0.05, 0.1) is 5.88 Å². The summed E-state index contributed by atoms with van der Waals surface area (Å²) in [6.07, 6.45) is 5.03. The van der Waals surface area contributed by atoms with Crippen LogP contribution in [0.3, 0.4) is 0 Å². The Labute approximate surface area is 89.1 Å². The van der Waals surface area contributed by atoms with Crippen LogP contribution in [0.15, 0.2) is 0 Å². The molecule has 1 amide bonds. The molecule has 2 rings (SSSR count). The summed E-state index contributed by atoms with van der Waals surface area (Å²) in [6, 6.07) is 0. The third-order valence-corrected chi connectivity index (χ3v) is 3.64. The third kappa shape index (κ3) is 1.52. The predicted molar refractivity (Wildman–Crippen MR) is 54.2 cm³/mol. The lowest BCUT2D eigenvalue weighted by atomic mass is 9.84. The number of amides is 1. The van der Waals surface area contributed by atoms with Crippen LogP contribution in [0, 0.1) is 0 Å². The van der Waals surface area contributed by atoms with Crippen molar-refractivity contribution in [2.45, 2.75) is 50.4 Å². The molecule has 1 heterocycles. The molecule has 1 saturated carbocycles. The fourth-order valence-corrected chi connectivity index (χ4v) is 2.49. The molecule has 0 bridgehead atoms. The van der Waals surface area contributed by atoms with Crippen LogP contribution in [0.1, 0.15) is 39.0 Å².